The molecule has 0 unspecified atom stereocenters. The monoisotopic (exact) mass is 231 g/mol. The molecule has 0 atom stereocenters. The van der Waals surface area contributed by atoms with Gasteiger partial charge in [0.2, 0.25) is 0 Å². The summed E-state index contributed by atoms with van der Waals surface area (Å²) in [5, 5.41) is 0. The van der Waals surface area contributed by atoms with Crippen LogP contribution in [0.1, 0.15) is 17.5 Å². The molecule has 0 aliphatic rings. The third kappa shape index (κ3) is 3.56. The number of hydrogen-bond acceptors (Lipinski definition) is 2. The number of halogens is 3. The Morgan fingerprint density at radius 3 is 2.69 bits per heavy atom. The van der Waals surface area contributed by atoms with Gasteiger partial charge in [-0.1, -0.05) is 18.2 Å². The number of esters is 1. The summed E-state index contributed by atoms with van der Waals surface area (Å²) in [6, 6.07) is 4.77. The Hall–Kier alpha value is -1.52. The van der Waals surface area contributed by atoms with E-state index in [1.54, 1.807) is 0 Å². The number of hydrogen-bond donors (Lipinski definition) is 0. The van der Waals surface area contributed by atoms with Gasteiger partial charge in [-0.25, -0.2) is 0 Å². The summed E-state index contributed by atoms with van der Waals surface area (Å²) >= 11 is 0. The SMILES string of the molecule is COC(=O)C[CH]c1cccc(C(F)(F)F)c1. The van der Waals surface area contributed by atoms with Crippen LogP contribution in [0.5, 0.6) is 0 Å². The summed E-state index contributed by atoms with van der Waals surface area (Å²) in [7, 11) is 1.22. The Labute approximate surface area is 91.0 Å². The lowest BCUT2D eigenvalue weighted by Gasteiger charge is -2.08. The molecule has 0 saturated heterocycles. The van der Waals surface area contributed by atoms with Crippen molar-refractivity contribution >= 4 is 5.97 Å². The van der Waals surface area contributed by atoms with Gasteiger partial charge in [-0.15, -0.1) is 0 Å². The van der Waals surface area contributed by atoms with Crippen LogP contribution >= 0.6 is 0 Å². The average molecular weight is 231 g/mol. The molecule has 0 spiro atoms. The number of ether oxygens (including phenoxy) is 1. The zero-order valence-electron chi connectivity index (χ0n) is 8.54. The predicted molar refractivity (Wildman–Crippen MR) is 51.5 cm³/mol. The quantitative estimate of drug-likeness (QED) is 0.748. The Bertz CT molecular complexity index is 372. The van der Waals surface area contributed by atoms with Crippen LogP contribution in [0.15, 0.2) is 24.3 Å². The summed E-state index contributed by atoms with van der Waals surface area (Å²) in [6.07, 6.45) is -3.02. The van der Waals surface area contributed by atoms with Gasteiger partial charge in [0.25, 0.3) is 0 Å². The molecule has 0 fully saturated rings. The van der Waals surface area contributed by atoms with Crippen molar-refractivity contribution in [2.45, 2.75) is 12.6 Å². The lowest BCUT2D eigenvalue weighted by atomic mass is 10.1. The standard InChI is InChI=1S/C11H10F3O2/c1-16-10(15)6-5-8-3-2-4-9(7-8)11(12,13)14/h2-5,7H,6H2,1H3. The van der Waals surface area contributed by atoms with Crippen LogP contribution in [-0.4, -0.2) is 13.1 Å². The predicted octanol–water partition coefficient (Wildman–Crippen LogP) is 2.82. The Balaban J connectivity index is 2.72. The second-order valence-corrected chi connectivity index (χ2v) is 3.11. The maximum atomic E-state index is 12.3. The second kappa shape index (κ2) is 5.01. The van der Waals surface area contributed by atoms with Crippen molar-refractivity contribution in [2.75, 3.05) is 7.11 Å². The topological polar surface area (TPSA) is 26.3 Å². The minimum absolute atomic E-state index is 0.0438. The van der Waals surface area contributed by atoms with Crippen LogP contribution in [0.2, 0.25) is 0 Å². The molecule has 0 heterocycles. The van der Waals surface area contributed by atoms with Crippen LogP contribution in [0.4, 0.5) is 13.2 Å². The van der Waals surface area contributed by atoms with Gasteiger partial charge < -0.3 is 4.74 Å². The fraction of sp³-hybridized carbons (Fsp3) is 0.273. The van der Waals surface area contributed by atoms with E-state index >= 15 is 0 Å². The van der Waals surface area contributed by atoms with E-state index in [-0.39, 0.29) is 6.42 Å². The van der Waals surface area contributed by atoms with Crippen molar-refractivity contribution in [3.63, 3.8) is 0 Å². The van der Waals surface area contributed by atoms with E-state index in [0.717, 1.165) is 12.1 Å². The second-order valence-electron chi connectivity index (χ2n) is 3.11. The molecule has 0 amide bonds. The highest BCUT2D eigenvalue weighted by Gasteiger charge is 2.30. The largest absolute Gasteiger partial charge is 0.469 e. The first-order valence-corrected chi connectivity index (χ1v) is 4.51. The molecule has 16 heavy (non-hydrogen) atoms. The van der Waals surface area contributed by atoms with Gasteiger partial charge >= 0.3 is 12.1 Å². The maximum Gasteiger partial charge on any atom is 0.416 e. The van der Waals surface area contributed by atoms with E-state index in [0.29, 0.717) is 5.56 Å². The summed E-state index contributed by atoms with van der Waals surface area (Å²) in [5.74, 6) is -0.489. The van der Waals surface area contributed by atoms with Crippen molar-refractivity contribution in [2.24, 2.45) is 0 Å². The highest BCUT2D eigenvalue weighted by Crippen LogP contribution is 2.29. The highest BCUT2D eigenvalue weighted by molar-refractivity contribution is 5.71. The van der Waals surface area contributed by atoms with Gasteiger partial charge in [0.15, 0.2) is 0 Å². The van der Waals surface area contributed by atoms with E-state index in [4.69, 9.17) is 0 Å². The molecule has 1 aromatic rings. The normalized spacial score (nSPS) is 11.2. The van der Waals surface area contributed by atoms with Gasteiger partial charge in [0.05, 0.1) is 19.1 Å². The van der Waals surface area contributed by atoms with E-state index in [9.17, 15) is 18.0 Å². The first kappa shape index (κ1) is 12.5. The summed E-state index contributed by atoms with van der Waals surface area (Å²) in [6.45, 7) is 0. The average Bonchev–Trinajstić information content (AvgIpc) is 2.25. The Morgan fingerprint density at radius 2 is 2.12 bits per heavy atom. The molecule has 0 N–H and O–H groups in total. The summed E-state index contributed by atoms with van der Waals surface area (Å²) < 4.78 is 41.4. The number of alkyl halides is 3. The maximum absolute atomic E-state index is 12.3. The highest BCUT2D eigenvalue weighted by atomic mass is 19.4. The van der Waals surface area contributed by atoms with Crippen LogP contribution in [0, 0.1) is 6.42 Å². The smallest absolute Gasteiger partial charge is 0.416 e. The number of methoxy groups -OCH3 is 1. The minimum Gasteiger partial charge on any atom is -0.469 e. The van der Waals surface area contributed by atoms with Crippen LogP contribution < -0.4 is 0 Å². The molecule has 0 aromatic heterocycles. The van der Waals surface area contributed by atoms with E-state index in [1.165, 1.54) is 25.7 Å². The molecule has 0 aliphatic carbocycles. The number of rotatable bonds is 3. The van der Waals surface area contributed by atoms with E-state index in [2.05, 4.69) is 4.74 Å². The molecule has 1 aromatic carbocycles. The fourth-order valence-electron chi connectivity index (χ4n) is 1.13. The van der Waals surface area contributed by atoms with Crippen molar-refractivity contribution in [3.8, 4) is 0 Å². The first-order valence-electron chi connectivity index (χ1n) is 4.51. The van der Waals surface area contributed by atoms with Crippen molar-refractivity contribution in [1.29, 1.82) is 0 Å². The lowest BCUT2D eigenvalue weighted by molar-refractivity contribution is -0.139. The van der Waals surface area contributed by atoms with E-state index < -0.39 is 17.7 Å². The zero-order chi connectivity index (χ0) is 12.2. The van der Waals surface area contributed by atoms with E-state index in [1.807, 2.05) is 0 Å². The molecule has 0 aliphatic heterocycles. The third-order valence-electron chi connectivity index (χ3n) is 1.95. The number of benzene rings is 1. The lowest BCUT2D eigenvalue weighted by Crippen LogP contribution is -2.06. The van der Waals surface area contributed by atoms with Crippen LogP contribution in [-0.2, 0) is 15.7 Å². The third-order valence-corrected chi connectivity index (χ3v) is 1.95. The molecule has 0 saturated carbocycles. The molecule has 2 nitrogen and oxygen atoms in total. The molecule has 1 radical (unpaired) electrons. The number of carbonyl (C=O) groups excluding carboxylic acids is 1. The van der Waals surface area contributed by atoms with Crippen LogP contribution in [0.25, 0.3) is 0 Å². The van der Waals surface area contributed by atoms with Gasteiger partial charge in [-0.3, -0.25) is 4.79 Å². The Morgan fingerprint density at radius 1 is 1.44 bits per heavy atom. The minimum atomic E-state index is -4.37. The van der Waals surface area contributed by atoms with Crippen LogP contribution in [0.3, 0.4) is 0 Å². The molecule has 0 bridgehead atoms. The first-order chi connectivity index (χ1) is 7.43. The zero-order valence-corrected chi connectivity index (χ0v) is 8.54. The molecule has 1 rings (SSSR count). The summed E-state index contributed by atoms with van der Waals surface area (Å²) in [5.41, 5.74) is -0.383. The Kier molecular flexibility index (Phi) is 3.93. The molecular weight excluding hydrogens is 221 g/mol. The summed E-state index contributed by atoms with van der Waals surface area (Å²) in [4.78, 5) is 10.8. The van der Waals surface area contributed by atoms with Crippen molar-refractivity contribution in [1.82, 2.24) is 0 Å². The number of carbonyl (C=O) groups is 1. The van der Waals surface area contributed by atoms with Gasteiger partial charge in [-0.2, -0.15) is 13.2 Å². The van der Waals surface area contributed by atoms with Crippen molar-refractivity contribution < 1.29 is 22.7 Å². The van der Waals surface area contributed by atoms with Gasteiger partial charge in [-0.05, 0) is 11.6 Å². The molecule has 5 heteroatoms. The molecule has 87 valence electrons. The fourth-order valence-corrected chi connectivity index (χ4v) is 1.13. The molecular formula is C11H10F3O2. The van der Waals surface area contributed by atoms with Gasteiger partial charge in [0, 0.05) is 6.42 Å². The van der Waals surface area contributed by atoms with Gasteiger partial charge in [0.1, 0.15) is 0 Å². The van der Waals surface area contributed by atoms with Crippen molar-refractivity contribution in [3.05, 3.63) is 41.8 Å².